The fraction of sp³-hybridized carbons (Fsp3) is 0.487. The van der Waals surface area contributed by atoms with Gasteiger partial charge in [-0.1, -0.05) is 13.3 Å². The Balaban J connectivity index is 1.34. The molecule has 2 aliphatic carbocycles. The van der Waals surface area contributed by atoms with E-state index in [4.69, 9.17) is 0 Å². The number of halogens is 2. The highest BCUT2D eigenvalue weighted by molar-refractivity contribution is 5.97. The number of carbonyl (C=O) groups excluding carboxylic acids is 2. The number of carboxylic acid groups (broad SMARTS) is 1. The Hall–Kier alpha value is -4.38. The molecule has 2 aliphatic rings. The first kappa shape index (κ1) is 36.9. The van der Waals surface area contributed by atoms with Gasteiger partial charge in [-0.05, 0) is 136 Å². The zero-order valence-electron chi connectivity index (χ0n) is 29.5. The molecule has 0 bridgehead atoms. The number of benzene rings is 2. The fourth-order valence-electron chi connectivity index (χ4n) is 7.32. The van der Waals surface area contributed by atoms with Crippen molar-refractivity contribution in [1.29, 1.82) is 0 Å². The minimum Gasteiger partial charge on any atom is -0.481 e. The van der Waals surface area contributed by atoms with Crippen molar-refractivity contribution in [3.05, 3.63) is 92.4 Å². The van der Waals surface area contributed by atoms with Crippen LogP contribution >= 0.6 is 0 Å². The second-order valence-corrected chi connectivity index (χ2v) is 14.2. The lowest BCUT2D eigenvalue weighted by atomic mass is 9.90. The van der Waals surface area contributed by atoms with Crippen LogP contribution < -0.4 is 16.2 Å². The molecule has 2 atom stereocenters. The molecule has 0 radical (unpaired) electrons. The van der Waals surface area contributed by atoms with Gasteiger partial charge in [0.05, 0.1) is 12.5 Å². The maximum absolute atomic E-state index is 15.7. The molecule has 1 heterocycles. The molecule has 0 saturated heterocycles. The normalized spacial score (nSPS) is 15.6. The molecular weight excluding hydrogens is 642 g/mol. The van der Waals surface area contributed by atoms with Crippen LogP contribution in [0, 0.1) is 44.2 Å². The third-order valence-corrected chi connectivity index (χ3v) is 10.0. The molecule has 3 aromatic rings. The van der Waals surface area contributed by atoms with Gasteiger partial charge in [-0.15, -0.1) is 0 Å². The van der Waals surface area contributed by atoms with Crippen LogP contribution in [0.4, 0.5) is 8.78 Å². The van der Waals surface area contributed by atoms with Gasteiger partial charge in [-0.2, -0.15) is 0 Å². The number of nitrogens with one attached hydrogen (secondary N) is 2. The lowest BCUT2D eigenvalue weighted by molar-refractivity contribution is -0.137. The maximum Gasteiger partial charge on any atom is 0.305 e. The summed E-state index contributed by atoms with van der Waals surface area (Å²) in [6, 6.07) is 7.03. The zero-order chi connectivity index (χ0) is 36.3. The molecule has 1 aromatic heterocycles. The van der Waals surface area contributed by atoms with Crippen LogP contribution in [0.15, 0.2) is 47.4 Å². The van der Waals surface area contributed by atoms with Gasteiger partial charge in [0, 0.05) is 30.9 Å². The first-order valence-electron chi connectivity index (χ1n) is 17.6. The molecule has 9 nitrogen and oxygen atoms in total. The number of hydrogen-bond donors (Lipinski definition) is 3. The predicted molar refractivity (Wildman–Crippen MR) is 188 cm³/mol. The molecule has 2 amide bonds. The summed E-state index contributed by atoms with van der Waals surface area (Å²) in [5.74, 6) is -2.32. The smallest absolute Gasteiger partial charge is 0.305 e. The van der Waals surface area contributed by atoms with E-state index in [0.717, 1.165) is 11.8 Å². The Bertz CT molecular complexity index is 1780. The highest BCUT2D eigenvalue weighted by atomic mass is 19.1. The van der Waals surface area contributed by atoms with Crippen LogP contribution in [0.1, 0.15) is 90.5 Å². The van der Waals surface area contributed by atoms with E-state index >= 15 is 4.39 Å². The molecule has 0 spiro atoms. The van der Waals surface area contributed by atoms with Crippen molar-refractivity contribution in [3.8, 4) is 11.1 Å². The average Bonchev–Trinajstić information content (AvgIpc) is 3.98. The molecule has 0 aliphatic heterocycles. The first-order valence-corrected chi connectivity index (χ1v) is 17.6. The molecule has 2 aromatic carbocycles. The number of aromatic nitrogens is 1. The molecule has 5 rings (SSSR count). The van der Waals surface area contributed by atoms with Gasteiger partial charge in [0.1, 0.15) is 23.2 Å². The fourth-order valence-corrected chi connectivity index (χ4v) is 7.32. The first-order chi connectivity index (χ1) is 23.8. The predicted octanol–water partition coefficient (Wildman–Crippen LogP) is 6.07. The van der Waals surface area contributed by atoms with E-state index in [0.29, 0.717) is 47.8 Å². The van der Waals surface area contributed by atoms with Crippen LogP contribution in [0.2, 0.25) is 0 Å². The monoisotopic (exact) mass is 690 g/mol. The Morgan fingerprint density at radius 3 is 2.20 bits per heavy atom. The van der Waals surface area contributed by atoms with E-state index in [-0.39, 0.29) is 23.1 Å². The Kier molecular flexibility index (Phi) is 11.6. The van der Waals surface area contributed by atoms with Crippen LogP contribution in [-0.2, 0) is 16.1 Å². The number of pyridine rings is 1. The number of likely N-dealkylation sites (N-methyl/N-ethyl adjacent to an activating group) is 1. The van der Waals surface area contributed by atoms with Crippen LogP contribution in [0.5, 0.6) is 0 Å². The van der Waals surface area contributed by atoms with Gasteiger partial charge in [-0.3, -0.25) is 19.2 Å². The second kappa shape index (κ2) is 15.7. The maximum atomic E-state index is 15.7. The van der Waals surface area contributed by atoms with Crippen LogP contribution in [0.3, 0.4) is 0 Å². The quantitative estimate of drug-likeness (QED) is 0.168. The highest BCUT2D eigenvalue weighted by Gasteiger charge is 2.43. The van der Waals surface area contributed by atoms with Gasteiger partial charge in [0.2, 0.25) is 5.91 Å². The zero-order valence-corrected chi connectivity index (χ0v) is 29.5. The second-order valence-electron chi connectivity index (χ2n) is 14.2. The van der Waals surface area contributed by atoms with Gasteiger partial charge in [-0.25, -0.2) is 8.78 Å². The molecule has 268 valence electrons. The Morgan fingerprint density at radius 1 is 0.980 bits per heavy atom. The van der Waals surface area contributed by atoms with Gasteiger partial charge in [0.25, 0.3) is 11.5 Å². The molecule has 11 heteroatoms. The van der Waals surface area contributed by atoms with Crippen molar-refractivity contribution in [3.63, 3.8) is 0 Å². The summed E-state index contributed by atoms with van der Waals surface area (Å²) in [6.45, 7) is 7.92. The van der Waals surface area contributed by atoms with Crippen molar-refractivity contribution >= 4 is 17.8 Å². The van der Waals surface area contributed by atoms with E-state index in [2.05, 4.69) is 22.6 Å². The van der Waals surface area contributed by atoms with E-state index < -0.39 is 53.5 Å². The number of aryl methyl sites for hydroxylation is 3. The summed E-state index contributed by atoms with van der Waals surface area (Å²) in [7, 11) is 2.10. The number of hydrogen-bond acceptors (Lipinski definition) is 5. The summed E-state index contributed by atoms with van der Waals surface area (Å²) in [5.41, 5.74) is 2.10. The van der Waals surface area contributed by atoms with E-state index in [1.165, 1.54) is 54.5 Å². The van der Waals surface area contributed by atoms with Crippen molar-refractivity contribution in [1.82, 2.24) is 20.1 Å². The van der Waals surface area contributed by atoms with Crippen LogP contribution in [-0.4, -0.2) is 58.0 Å². The molecular formula is C39H48F2N4O5. The van der Waals surface area contributed by atoms with Crippen molar-refractivity contribution < 1.29 is 28.3 Å². The van der Waals surface area contributed by atoms with Gasteiger partial charge >= 0.3 is 5.97 Å². The minimum absolute atomic E-state index is 0.0398. The lowest BCUT2D eigenvalue weighted by Gasteiger charge is -2.28. The lowest BCUT2D eigenvalue weighted by Crippen LogP contribution is -2.49. The van der Waals surface area contributed by atoms with Crippen LogP contribution in [0.25, 0.3) is 11.1 Å². The Labute approximate surface area is 292 Å². The highest BCUT2D eigenvalue weighted by Crippen LogP contribution is 2.46. The number of nitrogens with zero attached hydrogens (tertiary/aromatic N) is 2. The van der Waals surface area contributed by atoms with Crippen molar-refractivity contribution in [2.24, 2.45) is 11.8 Å². The number of amides is 2. The van der Waals surface area contributed by atoms with Crippen molar-refractivity contribution in [2.45, 2.75) is 97.3 Å². The minimum atomic E-state index is -1.28. The number of carboxylic acids is 1. The van der Waals surface area contributed by atoms with Crippen molar-refractivity contribution in [2.75, 3.05) is 13.6 Å². The summed E-state index contributed by atoms with van der Waals surface area (Å²) >= 11 is 0. The number of carbonyl (C=O) groups is 3. The molecule has 3 N–H and O–H groups in total. The number of rotatable bonds is 16. The molecule has 2 saturated carbocycles. The molecule has 2 fully saturated rings. The summed E-state index contributed by atoms with van der Waals surface area (Å²) in [5, 5.41) is 15.1. The van der Waals surface area contributed by atoms with E-state index in [9.17, 15) is 28.7 Å². The topological polar surface area (TPSA) is 121 Å². The third-order valence-electron chi connectivity index (χ3n) is 10.0. The largest absolute Gasteiger partial charge is 0.481 e. The Morgan fingerprint density at radius 2 is 1.62 bits per heavy atom. The summed E-state index contributed by atoms with van der Waals surface area (Å²) in [4.78, 5) is 54.9. The van der Waals surface area contributed by atoms with E-state index in [1.807, 2.05) is 6.92 Å². The molecule has 50 heavy (non-hydrogen) atoms. The molecule has 0 unspecified atom stereocenters. The van der Waals surface area contributed by atoms with Gasteiger partial charge in [0.15, 0.2) is 0 Å². The summed E-state index contributed by atoms with van der Waals surface area (Å²) in [6.07, 6.45) is 6.72. The SMILES string of the molecule is CCC[C@H](NC(=O)c1cccn(CCN(C)C(C2CC2)C2CC2)c1=O)C(=O)N[C@@H](CC(=O)O)c1cc(-c2c(C)cc(F)cc2C)cc(C)c1F. The average molecular weight is 691 g/mol. The number of aliphatic carboxylic acids is 1. The third kappa shape index (κ3) is 8.67. The standard InChI is InChI=1S/C39H48F2N4O5/c1-6-8-31(42-37(48)29-9-7-14-45(39(29)50)16-15-44(5)36(25-10-11-25)26-12-13-26)38(49)43-32(21-33(46)47)30-20-27(17-24(4)35(30)41)34-22(2)18-28(40)19-23(34)3/h7,9,14,17-20,25-26,31-32,36H,6,8,10-13,15-16,21H2,1-5H3,(H,42,48)(H,43,49)(H,46,47)/t31-,32-/m0/s1. The summed E-state index contributed by atoms with van der Waals surface area (Å²) < 4.78 is 31.3. The van der Waals surface area contributed by atoms with E-state index in [1.54, 1.807) is 39.1 Å². The van der Waals surface area contributed by atoms with Gasteiger partial charge < -0.3 is 25.2 Å².